The van der Waals surface area contributed by atoms with Crippen molar-refractivity contribution in [1.82, 2.24) is 34.6 Å². The minimum atomic E-state index is -0.0284. The minimum absolute atomic E-state index is 0.0284. The molecule has 4 heterocycles. The molecule has 1 aromatic carbocycles. The van der Waals surface area contributed by atoms with Crippen LogP contribution in [0.25, 0.3) is 0 Å². The Kier molecular flexibility index (Phi) is 7.86. The topological polar surface area (TPSA) is 84.2 Å². The number of nitrogens with zero attached hydrogens (tertiary/aromatic N) is 5. The highest BCUT2D eigenvalue weighted by atomic mass is 16.2. The van der Waals surface area contributed by atoms with Crippen molar-refractivity contribution in [3.05, 3.63) is 83.5 Å². The van der Waals surface area contributed by atoms with Crippen molar-refractivity contribution < 1.29 is 4.79 Å². The first-order valence-electron chi connectivity index (χ1n) is 13.4. The van der Waals surface area contributed by atoms with Crippen molar-refractivity contribution in [2.75, 3.05) is 32.7 Å². The zero-order chi connectivity index (χ0) is 25.7. The Labute approximate surface area is 219 Å². The van der Waals surface area contributed by atoms with Gasteiger partial charge in [0.15, 0.2) is 0 Å². The number of allylic oxidation sites excluding steroid dienone is 1. The molecule has 2 fully saturated rings. The lowest BCUT2D eigenvalue weighted by Gasteiger charge is -2.39. The van der Waals surface area contributed by atoms with Crippen molar-refractivity contribution in [1.29, 1.82) is 0 Å². The van der Waals surface area contributed by atoms with Gasteiger partial charge >= 0.3 is 0 Å². The Morgan fingerprint density at radius 2 is 1.54 bits per heavy atom. The van der Waals surface area contributed by atoms with Crippen LogP contribution in [0.1, 0.15) is 60.7 Å². The molecule has 2 N–H and O–H groups in total. The molecular formula is C29H39N7O. The second-order valence-electron chi connectivity index (χ2n) is 11.0. The maximum Gasteiger partial charge on any atom is 0.254 e. The fourth-order valence-electron chi connectivity index (χ4n) is 5.62. The van der Waals surface area contributed by atoms with Gasteiger partial charge in [0.05, 0.1) is 13.1 Å². The van der Waals surface area contributed by atoms with Crippen LogP contribution in [0.5, 0.6) is 0 Å². The van der Waals surface area contributed by atoms with Gasteiger partial charge in [0.1, 0.15) is 11.6 Å². The van der Waals surface area contributed by atoms with E-state index < -0.39 is 0 Å². The SMILES string of the molecule is CC(C)=CCN1CCC2(CC1)CCN(Cc1ccc(C(=O)N(Cc3ncc[nH]3)Cc3ncc[nH]3)cc1)C2. The molecule has 0 radical (unpaired) electrons. The van der Waals surface area contributed by atoms with Crippen molar-refractivity contribution in [3.63, 3.8) is 0 Å². The van der Waals surface area contributed by atoms with Crippen molar-refractivity contribution >= 4 is 5.91 Å². The third kappa shape index (κ3) is 6.56. The number of carbonyl (C=O) groups excluding carboxylic acids is 1. The highest BCUT2D eigenvalue weighted by Gasteiger charge is 2.40. The van der Waals surface area contributed by atoms with E-state index in [1.807, 2.05) is 12.1 Å². The average Bonchev–Trinajstić information content (AvgIpc) is 3.67. The van der Waals surface area contributed by atoms with Gasteiger partial charge in [-0.1, -0.05) is 23.8 Å². The first-order valence-corrected chi connectivity index (χ1v) is 13.4. The molecule has 0 atom stereocenters. The third-order valence-electron chi connectivity index (χ3n) is 7.88. The predicted molar refractivity (Wildman–Crippen MR) is 145 cm³/mol. The summed E-state index contributed by atoms with van der Waals surface area (Å²) in [6.07, 6.45) is 13.2. The number of H-pyrrole nitrogens is 2. The Morgan fingerprint density at radius 3 is 2.08 bits per heavy atom. The number of amides is 1. The van der Waals surface area contributed by atoms with Gasteiger partial charge in [-0.05, 0) is 75.9 Å². The lowest BCUT2D eigenvalue weighted by molar-refractivity contribution is 0.0721. The highest BCUT2D eigenvalue weighted by molar-refractivity contribution is 5.94. The number of aromatic nitrogens is 4. The van der Waals surface area contributed by atoms with Crippen LogP contribution >= 0.6 is 0 Å². The Hall–Kier alpha value is -3.23. The summed E-state index contributed by atoms with van der Waals surface area (Å²) in [5.74, 6) is 1.48. The molecule has 0 saturated carbocycles. The molecule has 2 aliphatic heterocycles. The van der Waals surface area contributed by atoms with Gasteiger partial charge in [0, 0.05) is 50.0 Å². The van der Waals surface area contributed by atoms with Crippen LogP contribution in [-0.2, 0) is 19.6 Å². The second-order valence-corrected chi connectivity index (χ2v) is 11.0. The smallest absolute Gasteiger partial charge is 0.254 e. The maximum atomic E-state index is 13.4. The van der Waals surface area contributed by atoms with Crippen LogP contribution in [0.4, 0.5) is 0 Å². The number of hydrogen-bond donors (Lipinski definition) is 2. The summed E-state index contributed by atoms with van der Waals surface area (Å²) in [5.41, 5.74) is 3.83. The molecule has 3 aromatic rings. The van der Waals surface area contributed by atoms with Gasteiger partial charge in [-0.15, -0.1) is 0 Å². The van der Waals surface area contributed by atoms with E-state index >= 15 is 0 Å². The van der Waals surface area contributed by atoms with Crippen LogP contribution in [0, 0.1) is 5.41 Å². The van der Waals surface area contributed by atoms with Crippen LogP contribution in [0.3, 0.4) is 0 Å². The maximum absolute atomic E-state index is 13.4. The summed E-state index contributed by atoms with van der Waals surface area (Å²) >= 11 is 0. The molecule has 5 rings (SSSR count). The summed E-state index contributed by atoms with van der Waals surface area (Å²) in [5, 5.41) is 0. The number of imidazole rings is 2. The molecule has 8 nitrogen and oxygen atoms in total. The van der Waals surface area contributed by atoms with Gasteiger partial charge in [-0.3, -0.25) is 14.6 Å². The van der Waals surface area contributed by atoms with Gasteiger partial charge in [-0.25, -0.2) is 9.97 Å². The fourth-order valence-corrected chi connectivity index (χ4v) is 5.62. The fraction of sp³-hybridized carbons (Fsp3) is 0.483. The first kappa shape index (κ1) is 25.4. The first-order chi connectivity index (χ1) is 18.0. The quantitative estimate of drug-likeness (QED) is 0.429. The number of nitrogens with one attached hydrogen (secondary N) is 2. The Morgan fingerprint density at radius 1 is 0.946 bits per heavy atom. The zero-order valence-electron chi connectivity index (χ0n) is 22.1. The predicted octanol–water partition coefficient (Wildman–Crippen LogP) is 4.23. The number of aromatic amines is 2. The summed E-state index contributed by atoms with van der Waals surface area (Å²) < 4.78 is 0. The average molecular weight is 502 g/mol. The van der Waals surface area contributed by atoms with Crippen molar-refractivity contribution in [2.45, 2.75) is 52.7 Å². The molecule has 0 aliphatic carbocycles. The molecule has 0 bridgehead atoms. The van der Waals surface area contributed by atoms with Crippen molar-refractivity contribution in [3.8, 4) is 0 Å². The van der Waals surface area contributed by atoms with Crippen LogP contribution in [-0.4, -0.2) is 73.3 Å². The van der Waals surface area contributed by atoms with Gasteiger partial charge in [0.2, 0.25) is 0 Å². The normalized spacial score (nSPS) is 17.8. The van der Waals surface area contributed by atoms with E-state index in [-0.39, 0.29) is 5.91 Å². The molecule has 1 amide bonds. The van der Waals surface area contributed by atoms with E-state index in [1.165, 1.54) is 50.0 Å². The van der Waals surface area contributed by atoms with E-state index in [9.17, 15) is 4.79 Å². The number of carbonyl (C=O) groups is 1. The summed E-state index contributed by atoms with van der Waals surface area (Å²) in [7, 11) is 0. The molecule has 1 spiro atoms. The third-order valence-corrected chi connectivity index (χ3v) is 7.88. The van der Waals surface area contributed by atoms with Crippen LogP contribution in [0.2, 0.25) is 0 Å². The number of benzene rings is 1. The van der Waals surface area contributed by atoms with E-state index in [1.54, 1.807) is 29.7 Å². The van der Waals surface area contributed by atoms with Gasteiger partial charge in [-0.2, -0.15) is 0 Å². The summed E-state index contributed by atoms with van der Waals surface area (Å²) in [6.45, 7) is 12.0. The van der Waals surface area contributed by atoms with Gasteiger partial charge in [0.25, 0.3) is 5.91 Å². The number of hydrogen-bond acceptors (Lipinski definition) is 5. The monoisotopic (exact) mass is 501 g/mol. The molecule has 0 unspecified atom stereocenters. The Balaban J connectivity index is 1.16. The van der Waals surface area contributed by atoms with E-state index in [0.717, 1.165) is 31.3 Å². The van der Waals surface area contributed by atoms with Crippen molar-refractivity contribution in [2.24, 2.45) is 5.41 Å². The highest BCUT2D eigenvalue weighted by Crippen LogP contribution is 2.40. The molecule has 8 heteroatoms. The number of rotatable bonds is 9. The second kappa shape index (κ2) is 11.4. The molecular weight excluding hydrogens is 462 g/mol. The molecule has 37 heavy (non-hydrogen) atoms. The van der Waals surface area contributed by atoms with E-state index in [4.69, 9.17) is 0 Å². The van der Waals surface area contributed by atoms with Crippen LogP contribution < -0.4 is 0 Å². The van der Waals surface area contributed by atoms with E-state index in [2.05, 4.69) is 61.8 Å². The van der Waals surface area contributed by atoms with Crippen LogP contribution in [0.15, 0.2) is 60.7 Å². The van der Waals surface area contributed by atoms with Gasteiger partial charge < -0.3 is 14.9 Å². The molecule has 196 valence electrons. The number of likely N-dealkylation sites (tertiary alicyclic amines) is 2. The molecule has 2 saturated heterocycles. The summed E-state index contributed by atoms with van der Waals surface area (Å²) in [6, 6.07) is 8.14. The largest absolute Gasteiger partial charge is 0.347 e. The molecule has 2 aromatic heterocycles. The zero-order valence-corrected chi connectivity index (χ0v) is 22.1. The lowest BCUT2D eigenvalue weighted by Crippen LogP contribution is -2.41. The minimum Gasteiger partial charge on any atom is -0.347 e. The standard InChI is InChI=1S/C29H39N7O/c1-23(2)7-15-34-16-8-29(9-17-34)10-18-35(22-29)19-24-3-5-25(6-4-24)28(37)36(20-26-30-11-12-31-26)21-27-32-13-14-33-27/h3-7,11-14H,8-10,15-22H2,1-2H3,(H,30,31)(H,32,33). The lowest BCUT2D eigenvalue weighted by atomic mass is 9.78. The summed E-state index contributed by atoms with van der Waals surface area (Å²) in [4.78, 5) is 35.1. The Bertz CT molecular complexity index is 1120. The molecule has 2 aliphatic rings. The van der Waals surface area contributed by atoms with E-state index in [0.29, 0.717) is 24.1 Å². The number of piperidine rings is 1.